The van der Waals surface area contributed by atoms with Gasteiger partial charge in [0.1, 0.15) is 0 Å². The Labute approximate surface area is 92.7 Å². The van der Waals surface area contributed by atoms with Crippen molar-refractivity contribution in [1.29, 1.82) is 0 Å². The average molecular weight is 209 g/mol. The SMILES string of the molecule is CCCCCCn1cnc(CC(C)N)c1. The van der Waals surface area contributed by atoms with E-state index >= 15 is 0 Å². The second kappa shape index (κ2) is 6.62. The number of nitrogens with zero attached hydrogens (tertiary/aromatic N) is 2. The van der Waals surface area contributed by atoms with Crippen LogP contribution < -0.4 is 5.73 Å². The molecule has 0 spiro atoms. The van der Waals surface area contributed by atoms with E-state index in [0.29, 0.717) is 0 Å². The van der Waals surface area contributed by atoms with Crippen molar-refractivity contribution in [1.82, 2.24) is 9.55 Å². The summed E-state index contributed by atoms with van der Waals surface area (Å²) >= 11 is 0. The largest absolute Gasteiger partial charge is 0.337 e. The van der Waals surface area contributed by atoms with E-state index in [1.807, 2.05) is 13.3 Å². The van der Waals surface area contributed by atoms with Gasteiger partial charge in [-0.15, -0.1) is 0 Å². The van der Waals surface area contributed by atoms with Crippen LogP contribution in [-0.2, 0) is 13.0 Å². The van der Waals surface area contributed by atoms with Crippen LogP contribution in [0.15, 0.2) is 12.5 Å². The summed E-state index contributed by atoms with van der Waals surface area (Å²) in [6, 6.07) is 0.202. The summed E-state index contributed by atoms with van der Waals surface area (Å²) in [6.07, 6.45) is 10.1. The number of hydrogen-bond donors (Lipinski definition) is 1. The smallest absolute Gasteiger partial charge is 0.0949 e. The second-order valence-corrected chi connectivity index (χ2v) is 4.34. The highest BCUT2D eigenvalue weighted by Crippen LogP contribution is 2.04. The van der Waals surface area contributed by atoms with E-state index in [0.717, 1.165) is 18.7 Å². The van der Waals surface area contributed by atoms with E-state index in [1.54, 1.807) is 0 Å². The Balaban J connectivity index is 2.26. The molecule has 0 saturated heterocycles. The first-order valence-corrected chi connectivity index (χ1v) is 5.98. The lowest BCUT2D eigenvalue weighted by Gasteiger charge is -2.01. The van der Waals surface area contributed by atoms with Crippen LogP contribution in [0.3, 0.4) is 0 Å². The van der Waals surface area contributed by atoms with Crippen molar-refractivity contribution in [3.63, 3.8) is 0 Å². The predicted octanol–water partition coefficient (Wildman–Crippen LogP) is 2.35. The number of aromatic nitrogens is 2. The van der Waals surface area contributed by atoms with Crippen molar-refractivity contribution < 1.29 is 0 Å². The normalized spacial score (nSPS) is 13.0. The molecule has 3 heteroatoms. The van der Waals surface area contributed by atoms with Gasteiger partial charge in [-0.2, -0.15) is 0 Å². The van der Waals surface area contributed by atoms with Gasteiger partial charge in [0.25, 0.3) is 0 Å². The van der Waals surface area contributed by atoms with Gasteiger partial charge in [-0.25, -0.2) is 4.98 Å². The van der Waals surface area contributed by atoms with E-state index < -0.39 is 0 Å². The van der Waals surface area contributed by atoms with Crippen LogP contribution in [0.25, 0.3) is 0 Å². The minimum Gasteiger partial charge on any atom is -0.337 e. The number of imidazole rings is 1. The third-order valence-corrected chi connectivity index (χ3v) is 2.49. The van der Waals surface area contributed by atoms with Crippen LogP contribution in [0, 0.1) is 0 Å². The standard InChI is InChI=1S/C12H23N3/c1-3-4-5-6-7-15-9-12(14-10-15)8-11(2)13/h9-11H,3-8,13H2,1-2H3. The highest BCUT2D eigenvalue weighted by atomic mass is 15.0. The van der Waals surface area contributed by atoms with Crippen molar-refractivity contribution >= 4 is 0 Å². The van der Waals surface area contributed by atoms with Crippen molar-refractivity contribution in [3.05, 3.63) is 18.2 Å². The van der Waals surface area contributed by atoms with Gasteiger partial charge in [0.05, 0.1) is 12.0 Å². The third-order valence-electron chi connectivity index (χ3n) is 2.49. The zero-order chi connectivity index (χ0) is 11.1. The van der Waals surface area contributed by atoms with Gasteiger partial charge < -0.3 is 10.3 Å². The van der Waals surface area contributed by atoms with E-state index in [-0.39, 0.29) is 6.04 Å². The summed E-state index contributed by atoms with van der Waals surface area (Å²) in [5.74, 6) is 0. The maximum atomic E-state index is 5.72. The molecule has 0 saturated carbocycles. The number of unbranched alkanes of at least 4 members (excludes halogenated alkanes) is 3. The molecule has 0 amide bonds. The maximum absolute atomic E-state index is 5.72. The Bertz CT molecular complexity index is 266. The molecule has 2 N–H and O–H groups in total. The maximum Gasteiger partial charge on any atom is 0.0949 e. The minimum atomic E-state index is 0.202. The van der Waals surface area contributed by atoms with Crippen LogP contribution in [-0.4, -0.2) is 15.6 Å². The Morgan fingerprint density at radius 1 is 1.40 bits per heavy atom. The summed E-state index contributed by atoms with van der Waals surface area (Å²) in [7, 11) is 0. The lowest BCUT2D eigenvalue weighted by atomic mass is 10.2. The Hall–Kier alpha value is -0.830. The molecule has 0 aliphatic heterocycles. The van der Waals surface area contributed by atoms with Gasteiger partial charge in [0.15, 0.2) is 0 Å². The van der Waals surface area contributed by atoms with Gasteiger partial charge in [0.2, 0.25) is 0 Å². The summed E-state index contributed by atoms with van der Waals surface area (Å²) < 4.78 is 2.17. The topological polar surface area (TPSA) is 43.8 Å². The molecule has 15 heavy (non-hydrogen) atoms. The Morgan fingerprint density at radius 3 is 2.87 bits per heavy atom. The lowest BCUT2D eigenvalue weighted by Crippen LogP contribution is -2.17. The van der Waals surface area contributed by atoms with Gasteiger partial charge in [-0.05, 0) is 13.3 Å². The molecule has 1 heterocycles. The Kier molecular flexibility index (Phi) is 5.40. The second-order valence-electron chi connectivity index (χ2n) is 4.34. The minimum absolute atomic E-state index is 0.202. The van der Waals surface area contributed by atoms with Gasteiger partial charge >= 0.3 is 0 Å². The molecule has 0 aromatic carbocycles. The lowest BCUT2D eigenvalue weighted by molar-refractivity contribution is 0.581. The average Bonchev–Trinajstić information content (AvgIpc) is 2.59. The van der Waals surface area contributed by atoms with Gasteiger partial charge in [0, 0.05) is 25.2 Å². The fourth-order valence-corrected chi connectivity index (χ4v) is 1.69. The first-order chi connectivity index (χ1) is 7.22. The number of rotatable bonds is 7. The molecular weight excluding hydrogens is 186 g/mol. The van der Waals surface area contributed by atoms with Crippen LogP contribution in [0.5, 0.6) is 0 Å². The van der Waals surface area contributed by atoms with E-state index in [9.17, 15) is 0 Å². The molecule has 0 aliphatic rings. The highest BCUT2D eigenvalue weighted by molar-refractivity contribution is 4.98. The molecule has 1 aromatic heterocycles. The molecule has 0 aliphatic carbocycles. The van der Waals surface area contributed by atoms with Gasteiger partial charge in [-0.3, -0.25) is 0 Å². The van der Waals surface area contributed by atoms with E-state index in [2.05, 4.69) is 22.7 Å². The molecule has 1 unspecified atom stereocenters. The fourth-order valence-electron chi connectivity index (χ4n) is 1.69. The number of aryl methyl sites for hydroxylation is 1. The number of nitrogens with two attached hydrogens (primary N) is 1. The molecule has 1 rings (SSSR count). The number of hydrogen-bond acceptors (Lipinski definition) is 2. The van der Waals surface area contributed by atoms with Crippen molar-refractivity contribution in [2.75, 3.05) is 0 Å². The third kappa shape index (κ3) is 4.98. The van der Waals surface area contributed by atoms with Crippen molar-refractivity contribution in [3.8, 4) is 0 Å². The first kappa shape index (κ1) is 12.2. The predicted molar refractivity (Wildman–Crippen MR) is 63.7 cm³/mol. The highest BCUT2D eigenvalue weighted by Gasteiger charge is 2.01. The van der Waals surface area contributed by atoms with Crippen molar-refractivity contribution in [2.45, 2.75) is 58.5 Å². The summed E-state index contributed by atoms with van der Waals surface area (Å²) in [5, 5.41) is 0. The van der Waals surface area contributed by atoms with Crippen LogP contribution in [0.1, 0.15) is 45.2 Å². The monoisotopic (exact) mass is 209 g/mol. The fraction of sp³-hybridized carbons (Fsp3) is 0.750. The Morgan fingerprint density at radius 2 is 2.20 bits per heavy atom. The molecule has 3 nitrogen and oxygen atoms in total. The molecule has 0 bridgehead atoms. The van der Waals surface area contributed by atoms with Crippen LogP contribution in [0.4, 0.5) is 0 Å². The van der Waals surface area contributed by atoms with E-state index in [1.165, 1.54) is 25.7 Å². The van der Waals surface area contributed by atoms with Crippen LogP contribution >= 0.6 is 0 Å². The van der Waals surface area contributed by atoms with E-state index in [4.69, 9.17) is 5.73 Å². The van der Waals surface area contributed by atoms with Crippen molar-refractivity contribution in [2.24, 2.45) is 5.73 Å². The quantitative estimate of drug-likeness (QED) is 0.701. The molecular formula is C12H23N3. The zero-order valence-corrected chi connectivity index (χ0v) is 9.95. The molecule has 1 aromatic rings. The first-order valence-electron chi connectivity index (χ1n) is 5.98. The molecule has 86 valence electrons. The summed E-state index contributed by atoms with van der Waals surface area (Å²) in [4.78, 5) is 4.34. The molecule has 0 fully saturated rings. The summed E-state index contributed by atoms with van der Waals surface area (Å²) in [6.45, 7) is 5.34. The molecule has 0 radical (unpaired) electrons. The van der Waals surface area contributed by atoms with Gasteiger partial charge in [-0.1, -0.05) is 26.2 Å². The van der Waals surface area contributed by atoms with Crippen LogP contribution in [0.2, 0.25) is 0 Å². The zero-order valence-electron chi connectivity index (χ0n) is 9.95. The molecule has 1 atom stereocenters. The summed E-state index contributed by atoms with van der Waals surface area (Å²) in [5.41, 5.74) is 6.84.